The van der Waals surface area contributed by atoms with Crippen LogP contribution in [0.3, 0.4) is 0 Å². The molecule has 0 atom stereocenters. The van der Waals surface area contributed by atoms with Crippen LogP contribution in [0.2, 0.25) is 0 Å². The molecule has 4 heteroatoms. The molecule has 0 saturated carbocycles. The summed E-state index contributed by atoms with van der Waals surface area (Å²) in [5, 5.41) is 9.04. The molecule has 0 aliphatic carbocycles. The van der Waals surface area contributed by atoms with E-state index in [1.165, 1.54) is 6.07 Å². The minimum atomic E-state index is -1.12. The third-order valence-electron chi connectivity index (χ3n) is 2.20. The maximum atomic E-state index is 11.1. The van der Waals surface area contributed by atoms with Gasteiger partial charge in [-0.1, -0.05) is 26.0 Å². The number of carbonyl (C=O) groups excluding carboxylic acids is 1. The number of hydrogen-bond donors (Lipinski definition) is 2. The topological polar surface area (TPSA) is 80.4 Å². The predicted molar refractivity (Wildman–Crippen MR) is 56.0 cm³/mol. The van der Waals surface area contributed by atoms with Crippen molar-refractivity contribution in [2.75, 3.05) is 0 Å². The smallest absolute Gasteiger partial charge is 0.336 e. The van der Waals surface area contributed by atoms with E-state index in [1.54, 1.807) is 12.1 Å². The molecule has 80 valence electrons. The van der Waals surface area contributed by atoms with Gasteiger partial charge in [-0.05, 0) is 17.5 Å². The number of nitrogens with two attached hydrogens (primary N) is 1. The Morgan fingerprint density at radius 2 is 1.93 bits per heavy atom. The number of carbonyl (C=O) groups is 2. The van der Waals surface area contributed by atoms with Gasteiger partial charge in [0, 0.05) is 0 Å². The lowest BCUT2D eigenvalue weighted by molar-refractivity contribution is 0.0690. The van der Waals surface area contributed by atoms with Crippen LogP contribution in [-0.4, -0.2) is 17.0 Å². The van der Waals surface area contributed by atoms with Crippen molar-refractivity contribution in [2.24, 2.45) is 5.73 Å². The Morgan fingerprint density at radius 1 is 1.33 bits per heavy atom. The highest BCUT2D eigenvalue weighted by atomic mass is 16.4. The molecule has 0 unspecified atom stereocenters. The summed E-state index contributed by atoms with van der Waals surface area (Å²) in [4.78, 5) is 22.1. The second-order valence-electron chi connectivity index (χ2n) is 3.59. The fourth-order valence-electron chi connectivity index (χ4n) is 1.50. The SMILES string of the molecule is CC(C)c1cccc(C(N)=O)c1C(=O)O. The van der Waals surface area contributed by atoms with Crippen LogP contribution in [0, 0.1) is 0 Å². The van der Waals surface area contributed by atoms with Gasteiger partial charge in [0.15, 0.2) is 0 Å². The summed E-state index contributed by atoms with van der Waals surface area (Å²) in [7, 11) is 0. The van der Waals surface area contributed by atoms with Crippen molar-refractivity contribution in [2.45, 2.75) is 19.8 Å². The first kappa shape index (κ1) is 11.2. The number of benzene rings is 1. The molecule has 1 aromatic rings. The first-order valence-corrected chi connectivity index (χ1v) is 4.61. The van der Waals surface area contributed by atoms with Crippen LogP contribution in [0.1, 0.15) is 46.0 Å². The zero-order valence-electron chi connectivity index (χ0n) is 8.65. The summed E-state index contributed by atoms with van der Waals surface area (Å²) in [6.45, 7) is 3.74. The Morgan fingerprint density at radius 3 is 2.33 bits per heavy atom. The Balaban J connectivity index is 3.48. The standard InChI is InChI=1S/C11H13NO3/c1-6(2)7-4-3-5-8(10(12)13)9(7)11(14)15/h3-6H,1-2H3,(H2,12,13)(H,14,15). The van der Waals surface area contributed by atoms with Gasteiger partial charge in [-0.15, -0.1) is 0 Å². The van der Waals surface area contributed by atoms with Gasteiger partial charge in [0.2, 0.25) is 5.91 Å². The zero-order chi connectivity index (χ0) is 11.6. The Labute approximate surface area is 87.7 Å². The van der Waals surface area contributed by atoms with Gasteiger partial charge in [0.1, 0.15) is 0 Å². The number of aromatic carboxylic acids is 1. The van der Waals surface area contributed by atoms with Crippen LogP contribution in [0.5, 0.6) is 0 Å². The average Bonchev–Trinajstić information content (AvgIpc) is 2.16. The molecule has 0 aliphatic rings. The molecular weight excluding hydrogens is 194 g/mol. The van der Waals surface area contributed by atoms with Crippen LogP contribution >= 0.6 is 0 Å². The van der Waals surface area contributed by atoms with E-state index in [-0.39, 0.29) is 17.0 Å². The van der Waals surface area contributed by atoms with Crippen molar-refractivity contribution in [3.63, 3.8) is 0 Å². The quantitative estimate of drug-likeness (QED) is 0.790. The van der Waals surface area contributed by atoms with Crippen molar-refractivity contribution < 1.29 is 14.7 Å². The molecule has 0 radical (unpaired) electrons. The summed E-state index contributed by atoms with van der Waals surface area (Å²) in [6, 6.07) is 4.76. The number of carboxylic acids is 1. The third-order valence-corrected chi connectivity index (χ3v) is 2.20. The van der Waals surface area contributed by atoms with E-state index in [1.807, 2.05) is 13.8 Å². The Hall–Kier alpha value is -1.84. The molecule has 0 aliphatic heterocycles. The van der Waals surface area contributed by atoms with Gasteiger partial charge >= 0.3 is 5.97 Å². The molecule has 15 heavy (non-hydrogen) atoms. The second-order valence-corrected chi connectivity index (χ2v) is 3.59. The maximum Gasteiger partial charge on any atom is 0.336 e. The van der Waals surface area contributed by atoms with Gasteiger partial charge in [-0.2, -0.15) is 0 Å². The van der Waals surface area contributed by atoms with E-state index in [0.717, 1.165) is 0 Å². The van der Waals surface area contributed by atoms with Gasteiger partial charge in [0.05, 0.1) is 11.1 Å². The van der Waals surface area contributed by atoms with Crippen LogP contribution in [0.4, 0.5) is 0 Å². The van der Waals surface area contributed by atoms with Crippen LogP contribution < -0.4 is 5.73 Å². The van der Waals surface area contributed by atoms with Crippen molar-refractivity contribution in [1.29, 1.82) is 0 Å². The summed E-state index contributed by atoms with van der Waals surface area (Å²) < 4.78 is 0. The van der Waals surface area contributed by atoms with Crippen molar-refractivity contribution in [3.8, 4) is 0 Å². The molecule has 0 spiro atoms. The van der Waals surface area contributed by atoms with E-state index < -0.39 is 11.9 Å². The van der Waals surface area contributed by atoms with Crippen molar-refractivity contribution in [3.05, 3.63) is 34.9 Å². The fourth-order valence-corrected chi connectivity index (χ4v) is 1.50. The van der Waals surface area contributed by atoms with E-state index in [9.17, 15) is 9.59 Å². The maximum absolute atomic E-state index is 11.1. The second kappa shape index (κ2) is 4.13. The zero-order valence-corrected chi connectivity index (χ0v) is 8.65. The normalized spacial score (nSPS) is 10.3. The van der Waals surface area contributed by atoms with Gasteiger partial charge in [-0.3, -0.25) is 4.79 Å². The number of carboxylic acid groups (broad SMARTS) is 1. The van der Waals surface area contributed by atoms with E-state index in [0.29, 0.717) is 5.56 Å². The number of primary amides is 1. The van der Waals surface area contributed by atoms with Crippen LogP contribution in [0.15, 0.2) is 18.2 Å². The summed E-state index contributed by atoms with van der Waals surface area (Å²) in [5.74, 6) is -1.79. The highest BCUT2D eigenvalue weighted by molar-refractivity contribution is 6.05. The Bertz CT molecular complexity index is 410. The molecule has 0 saturated heterocycles. The predicted octanol–water partition coefficient (Wildman–Crippen LogP) is 1.61. The lowest BCUT2D eigenvalue weighted by Crippen LogP contribution is -2.18. The van der Waals surface area contributed by atoms with Crippen LogP contribution in [0.25, 0.3) is 0 Å². The van der Waals surface area contributed by atoms with Gasteiger partial charge in [-0.25, -0.2) is 4.79 Å². The lowest BCUT2D eigenvalue weighted by Gasteiger charge is -2.11. The molecule has 1 amide bonds. The molecule has 1 rings (SSSR count). The fraction of sp³-hybridized carbons (Fsp3) is 0.273. The molecule has 0 aromatic heterocycles. The van der Waals surface area contributed by atoms with Gasteiger partial charge in [0.25, 0.3) is 0 Å². The minimum Gasteiger partial charge on any atom is -0.478 e. The summed E-state index contributed by atoms with van der Waals surface area (Å²) in [5.41, 5.74) is 5.82. The molecule has 3 N–H and O–H groups in total. The third kappa shape index (κ3) is 2.15. The highest BCUT2D eigenvalue weighted by Crippen LogP contribution is 2.22. The van der Waals surface area contributed by atoms with E-state index in [4.69, 9.17) is 10.8 Å². The average molecular weight is 207 g/mol. The first-order chi connectivity index (χ1) is 6.95. The van der Waals surface area contributed by atoms with Crippen LogP contribution in [-0.2, 0) is 0 Å². The number of rotatable bonds is 3. The molecule has 1 aromatic carbocycles. The Kier molecular flexibility index (Phi) is 3.09. The largest absolute Gasteiger partial charge is 0.478 e. The molecule has 0 fully saturated rings. The van der Waals surface area contributed by atoms with Gasteiger partial charge < -0.3 is 10.8 Å². The van der Waals surface area contributed by atoms with Crippen molar-refractivity contribution >= 4 is 11.9 Å². The number of hydrogen-bond acceptors (Lipinski definition) is 2. The summed E-state index contributed by atoms with van der Waals surface area (Å²) in [6.07, 6.45) is 0. The minimum absolute atomic E-state index is 0.0139. The lowest BCUT2D eigenvalue weighted by atomic mass is 9.93. The molecule has 4 nitrogen and oxygen atoms in total. The monoisotopic (exact) mass is 207 g/mol. The molecule has 0 bridgehead atoms. The number of amides is 1. The van der Waals surface area contributed by atoms with E-state index >= 15 is 0 Å². The van der Waals surface area contributed by atoms with Crippen molar-refractivity contribution in [1.82, 2.24) is 0 Å². The first-order valence-electron chi connectivity index (χ1n) is 4.61. The molecule has 0 heterocycles. The highest BCUT2D eigenvalue weighted by Gasteiger charge is 2.19. The van der Waals surface area contributed by atoms with E-state index in [2.05, 4.69) is 0 Å². The molecular formula is C11H13NO3. The summed E-state index contributed by atoms with van der Waals surface area (Å²) >= 11 is 0.